The lowest BCUT2D eigenvalue weighted by Gasteiger charge is -2.26. The smallest absolute Gasteiger partial charge is 0.200 e. The quantitative estimate of drug-likeness (QED) is 0.395. The monoisotopic (exact) mass is 336 g/mol. The van der Waals surface area contributed by atoms with Gasteiger partial charge in [-0.15, -0.1) is 6.58 Å². The van der Waals surface area contributed by atoms with Crippen molar-refractivity contribution in [2.24, 2.45) is 11.8 Å². The third kappa shape index (κ3) is 4.81. The molecule has 0 atom stereocenters. The van der Waals surface area contributed by atoms with Gasteiger partial charge >= 0.3 is 0 Å². The van der Waals surface area contributed by atoms with Crippen molar-refractivity contribution < 1.29 is 13.5 Å². The standard InChI is InChI=1S/C21H30F2O/c1-4-6-13-24-19-14-15(3)18(20(22)21(19)23)12-11-17-9-7-16(5-2)8-10-17/h5,14,16-17H,2,4,6-13H2,1,3H3. The number of allylic oxidation sites excluding steroid dienone is 1. The number of benzene rings is 1. The highest BCUT2D eigenvalue weighted by Crippen LogP contribution is 2.34. The largest absolute Gasteiger partial charge is 0.490 e. The molecule has 2 rings (SSSR count). The summed E-state index contributed by atoms with van der Waals surface area (Å²) in [5.74, 6) is -0.253. The van der Waals surface area contributed by atoms with Crippen LogP contribution in [0.1, 0.15) is 63.0 Å². The van der Waals surface area contributed by atoms with Gasteiger partial charge in [0.15, 0.2) is 11.6 Å². The topological polar surface area (TPSA) is 9.23 Å². The zero-order valence-electron chi connectivity index (χ0n) is 15.0. The fraction of sp³-hybridized carbons (Fsp3) is 0.619. The van der Waals surface area contributed by atoms with Gasteiger partial charge in [0.05, 0.1) is 6.61 Å². The fourth-order valence-corrected chi connectivity index (χ4v) is 3.56. The molecule has 0 heterocycles. The Balaban J connectivity index is 1.97. The summed E-state index contributed by atoms with van der Waals surface area (Å²) in [5, 5.41) is 0. The van der Waals surface area contributed by atoms with E-state index >= 15 is 0 Å². The van der Waals surface area contributed by atoms with Gasteiger partial charge in [-0.2, -0.15) is 4.39 Å². The lowest BCUT2D eigenvalue weighted by molar-refractivity contribution is 0.285. The van der Waals surface area contributed by atoms with E-state index in [-0.39, 0.29) is 5.75 Å². The van der Waals surface area contributed by atoms with Crippen molar-refractivity contribution in [3.05, 3.63) is 41.5 Å². The van der Waals surface area contributed by atoms with E-state index in [1.807, 2.05) is 19.9 Å². The van der Waals surface area contributed by atoms with Crippen LogP contribution in [-0.2, 0) is 6.42 Å². The number of rotatable bonds is 8. The van der Waals surface area contributed by atoms with E-state index in [0.29, 0.717) is 30.4 Å². The molecule has 1 fully saturated rings. The predicted octanol–water partition coefficient (Wildman–Crippen LogP) is 6.38. The first-order valence-corrected chi connectivity index (χ1v) is 9.29. The maximum atomic E-state index is 14.4. The highest BCUT2D eigenvalue weighted by Gasteiger charge is 2.22. The van der Waals surface area contributed by atoms with Crippen LogP contribution in [-0.4, -0.2) is 6.61 Å². The van der Waals surface area contributed by atoms with Crippen LogP contribution in [0.25, 0.3) is 0 Å². The van der Waals surface area contributed by atoms with Crippen LogP contribution in [0.3, 0.4) is 0 Å². The summed E-state index contributed by atoms with van der Waals surface area (Å²) in [6.45, 7) is 8.18. The van der Waals surface area contributed by atoms with Gasteiger partial charge in [-0.3, -0.25) is 0 Å². The zero-order valence-corrected chi connectivity index (χ0v) is 15.0. The molecule has 0 saturated heterocycles. The third-order valence-electron chi connectivity index (χ3n) is 5.28. The van der Waals surface area contributed by atoms with E-state index in [1.165, 1.54) is 12.8 Å². The summed E-state index contributed by atoms with van der Waals surface area (Å²) < 4.78 is 34.0. The summed E-state index contributed by atoms with van der Waals surface area (Å²) in [6.07, 6.45) is 10.1. The highest BCUT2D eigenvalue weighted by atomic mass is 19.2. The van der Waals surface area contributed by atoms with Crippen molar-refractivity contribution in [2.75, 3.05) is 6.61 Å². The molecule has 0 N–H and O–H groups in total. The van der Waals surface area contributed by atoms with E-state index in [1.54, 1.807) is 6.07 Å². The van der Waals surface area contributed by atoms with Crippen molar-refractivity contribution in [3.8, 4) is 5.75 Å². The molecule has 1 aromatic carbocycles. The molecule has 1 saturated carbocycles. The second kappa shape index (κ2) is 9.19. The molecule has 0 unspecified atom stereocenters. The van der Waals surface area contributed by atoms with Crippen molar-refractivity contribution >= 4 is 0 Å². The van der Waals surface area contributed by atoms with E-state index in [2.05, 4.69) is 6.58 Å². The average molecular weight is 336 g/mol. The Kier molecular flexibility index (Phi) is 7.26. The molecule has 1 aromatic rings. The molecule has 1 nitrogen and oxygen atoms in total. The van der Waals surface area contributed by atoms with Gasteiger partial charge in [-0.05, 0) is 80.9 Å². The van der Waals surface area contributed by atoms with Crippen LogP contribution in [0.5, 0.6) is 5.75 Å². The van der Waals surface area contributed by atoms with Crippen LogP contribution < -0.4 is 4.74 Å². The number of ether oxygens (including phenoxy) is 1. The van der Waals surface area contributed by atoms with Crippen molar-refractivity contribution in [1.29, 1.82) is 0 Å². The lowest BCUT2D eigenvalue weighted by atomic mass is 9.79. The van der Waals surface area contributed by atoms with Gasteiger partial charge in [0, 0.05) is 0 Å². The first-order valence-electron chi connectivity index (χ1n) is 9.29. The minimum Gasteiger partial charge on any atom is -0.490 e. The van der Waals surface area contributed by atoms with Crippen LogP contribution in [0.4, 0.5) is 8.78 Å². The summed E-state index contributed by atoms with van der Waals surface area (Å²) in [5.41, 5.74) is 1.31. The molecular formula is C21H30F2O. The van der Waals surface area contributed by atoms with Crippen molar-refractivity contribution in [1.82, 2.24) is 0 Å². The second-order valence-corrected chi connectivity index (χ2v) is 7.06. The number of aryl methyl sites for hydroxylation is 1. The number of hydrogen-bond donors (Lipinski definition) is 0. The summed E-state index contributed by atoms with van der Waals surface area (Å²) in [6, 6.07) is 1.65. The SMILES string of the molecule is C=CC1CCC(CCc2c(C)cc(OCCCC)c(F)c2F)CC1. The average Bonchev–Trinajstić information content (AvgIpc) is 2.60. The van der Waals surface area contributed by atoms with Gasteiger partial charge in [0.2, 0.25) is 5.82 Å². The minimum atomic E-state index is -0.831. The van der Waals surface area contributed by atoms with E-state index in [0.717, 1.165) is 37.7 Å². The molecule has 0 spiro atoms. The summed E-state index contributed by atoms with van der Waals surface area (Å²) >= 11 is 0. The Morgan fingerprint density at radius 3 is 2.54 bits per heavy atom. The molecule has 0 aromatic heterocycles. The maximum Gasteiger partial charge on any atom is 0.200 e. The van der Waals surface area contributed by atoms with Gasteiger partial charge in [0.1, 0.15) is 0 Å². The molecule has 0 amide bonds. The van der Waals surface area contributed by atoms with Gasteiger partial charge in [-0.1, -0.05) is 19.4 Å². The second-order valence-electron chi connectivity index (χ2n) is 7.06. The molecule has 0 bridgehead atoms. The fourth-order valence-electron chi connectivity index (χ4n) is 3.56. The van der Waals surface area contributed by atoms with Gasteiger partial charge in [0.25, 0.3) is 0 Å². The van der Waals surface area contributed by atoms with Crippen molar-refractivity contribution in [2.45, 2.75) is 65.2 Å². The Bertz CT molecular complexity index is 545. The molecule has 134 valence electrons. The number of unbranched alkanes of at least 4 members (excludes halogenated alkanes) is 1. The number of halogens is 2. The molecule has 1 aliphatic rings. The molecule has 3 heteroatoms. The van der Waals surface area contributed by atoms with Crippen molar-refractivity contribution in [3.63, 3.8) is 0 Å². The molecule has 24 heavy (non-hydrogen) atoms. The van der Waals surface area contributed by atoms with Gasteiger partial charge < -0.3 is 4.74 Å². The molecular weight excluding hydrogens is 306 g/mol. The molecule has 1 aliphatic carbocycles. The molecule has 0 radical (unpaired) electrons. The normalized spacial score (nSPS) is 20.8. The predicted molar refractivity (Wildman–Crippen MR) is 95.5 cm³/mol. The van der Waals surface area contributed by atoms with Gasteiger partial charge in [-0.25, -0.2) is 4.39 Å². The first-order chi connectivity index (χ1) is 11.6. The number of hydrogen-bond acceptors (Lipinski definition) is 1. The van der Waals surface area contributed by atoms with Crippen LogP contribution >= 0.6 is 0 Å². The third-order valence-corrected chi connectivity index (χ3v) is 5.28. The minimum absolute atomic E-state index is 0.0497. The Labute approximate surface area is 145 Å². The lowest BCUT2D eigenvalue weighted by Crippen LogP contribution is -2.14. The Morgan fingerprint density at radius 1 is 1.21 bits per heavy atom. The summed E-state index contributed by atoms with van der Waals surface area (Å²) in [7, 11) is 0. The van der Waals surface area contributed by atoms with Crippen LogP contribution in [0.2, 0.25) is 0 Å². The zero-order chi connectivity index (χ0) is 17.5. The summed E-state index contributed by atoms with van der Waals surface area (Å²) in [4.78, 5) is 0. The highest BCUT2D eigenvalue weighted by molar-refractivity contribution is 5.38. The van der Waals surface area contributed by atoms with E-state index < -0.39 is 11.6 Å². The first kappa shape index (κ1) is 19.0. The van der Waals surface area contributed by atoms with Crippen LogP contribution in [0, 0.1) is 30.4 Å². The molecule has 0 aliphatic heterocycles. The maximum absolute atomic E-state index is 14.4. The van der Waals surface area contributed by atoms with Crippen LogP contribution in [0.15, 0.2) is 18.7 Å². The van der Waals surface area contributed by atoms with E-state index in [9.17, 15) is 8.78 Å². The Morgan fingerprint density at radius 2 is 1.92 bits per heavy atom. The Hall–Kier alpha value is -1.38. The van der Waals surface area contributed by atoms with E-state index in [4.69, 9.17) is 4.74 Å².